The summed E-state index contributed by atoms with van der Waals surface area (Å²) in [4.78, 5) is 23.0. The van der Waals surface area contributed by atoms with Crippen molar-refractivity contribution < 1.29 is 32.9 Å². The molecule has 0 spiro atoms. The lowest BCUT2D eigenvalue weighted by Crippen LogP contribution is -2.62. The fourth-order valence-corrected chi connectivity index (χ4v) is 3.42. The normalized spacial score (nSPS) is 29.7. The standard InChI is InChI=1S/C18H18O8/c1-18(2)15(21-3)13-14(25-17(20)24-13)16(26-18)22-10-6-4-9-5-7-12(19)23-11(9)8-10/h4-8,13-16H,1-3H3/t13-,14+,15-,16-/m1/s1. The van der Waals surface area contributed by atoms with E-state index >= 15 is 0 Å². The number of methoxy groups -OCH3 is 1. The summed E-state index contributed by atoms with van der Waals surface area (Å²) >= 11 is 0. The van der Waals surface area contributed by atoms with Crippen LogP contribution in [0.2, 0.25) is 0 Å². The molecule has 0 amide bonds. The molecule has 26 heavy (non-hydrogen) atoms. The highest BCUT2D eigenvalue weighted by molar-refractivity contribution is 5.77. The van der Waals surface area contributed by atoms with Gasteiger partial charge in [0.1, 0.15) is 17.4 Å². The summed E-state index contributed by atoms with van der Waals surface area (Å²) in [7, 11) is 1.52. The van der Waals surface area contributed by atoms with Crippen molar-refractivity contribution in [3.05, 3.63) is 40.8 Å². The number of benzene rings is 1. The molecule has 4 atom stereocenters. The second-order valence-electron chi connectivity index (χ2n) is 6.73. The minimum absolute atomic E-state index is 0.385. The van der Waals surface area contributed by atoms with Crippen LogP contribution >= 0.6 is 0 Å². The van der Waals surface area contributed by atoms with Gasteiger partial charge in [-0.05, 0) is 32.0 Å². The average molecular weight is 362 g/mol. The van der Waals surface area contributed by atoms with E-state index in [-0.39, 0.29) is 0 Å². The van der Waals surface area contributed by atoms with Crippen LogP contribution in [0.4, 0.5) is 4.79 Å². The zero-order valence-electron chi connectivity index (χ0n) is 14.5. The molecule has 1 aromatic carbocycles. The summed E-state index contributed by atoms with van der Waals surface area (Å²) in [6, 6.07) is 8.07. The first-order chi connectivity index (χ1) is 12.4. The molecule has 0 aliphatic carbocycles. The molecule has 8 heteroatoms. The van der Waals surface area contributed by atoms with E-state index in [2.05, 4.69) is 0 Å². The Kier molecular flexibility index (Phi) is 3.89. The largest absolute Gasteiger partial charge is 0.509 e. The molecule has 138 valence electrons. The fourth-order valence-electron chi connectivity index (χ4n) is 3.42. The van der Waals surface area contributed by atoms with E-state index in [4.69, 9.17) is 28.1 Å². The van der Waals surface area contributed by atoms with Crippen molar-refractivity contribution in [1.29, 1.82) is 0 Å². The third-order valence-electron chi connectivity index (χ3n) is 4.56. The van der Waals surface area contributed by atoms with Gasteiger partial charge in [-0.1, -0.05) is 0 Å². The third kappa shape index (κ3) is 2.81. The number of ether oxygens (including phenoxy) is 5. The summed E-state index contributed by atoms with van der Waals surface area (Å²) in [5.74, 6) is 0.408. The van der Waals surface area contributed by atoms with Crippen molar-refractivity contribution in [1.82, 2.24) is 0 Å². The van der Waals surface area contributed by atoms with Crippen LogP contribution in [0, 0.1) is 0 Å². The molecule has 0 bridgehead atoms. The van der Waals surface area contributed by atoms with Gasteiger partial charge in [-0.25, -0.2) is 9.59 Å². The van der Waals surface area contributed by atoms with Crippen LogP contribution in [-0.2, 0) is 18.9 Å². The number of hydrogen-bond acceptors (Lipinski definition) is 8. The van der Waals surface area contributed by atoms with Crippen molar-refractivity contribution in [2.45, 2.75) is 44.1 Å². The molecule has 0 N–H and O–H groups in total. The van der Waals surface area contributed by atoms with E-state index in [1.165, 1.54) is 13.2 Å². The van der Waals surface area contributed by atoms with Gasteiger partial charge >= 0.3 is 11.8 Å². The van der Waals surface area contributed by atoms with Crippen LogP contribution < -0.4 is 10.4 Å². The number of carbonyl (C=O) groups excluding carboxylic acids is 1. The van der Waals surface area contributed by atoms with E-state index in [1.54, 1.807) is 24.3 Å². The second kappa shape index (κ2) is 6.00. The Labute approximate surface area is 148 Å². The van der Waals surface area contributed by atoms with Crippen molar-refractivity contribution in [3.63, 3.8) is 0 Å². The Hall–Kier alpha value is -2.58. The molecule has 0 radical (unpaired) electrons. The number of hydrogen-bond donors (Lipinski definition) is 0. The predicted octanol–water partition coefficient (Wildman–Crippen LogP) is 2.23. The number of fused-ring (bicyclic) bond motifs is 2. The Morgan fingerprint density at radius 1 is 1.04 bits per heavy atom. The van der Waals surface area contributed by atoms with Gasteiger partial charge in [-0.3, -0.25) is 0 Å². The Balaban J connectivity index is 1.64. The number of carbonyl (C=O) groups is 1. The number of rotatable bonds is 3. The average Bonchev–Trinajstić information content (AvgIpc) is 2.95. The molecule has 2 aromatic rings. The molecule has 2 fully saturated rings. The van der Waals surface area contributed by atoms with Crippen LogP contribution in [0.15, 0.2) is 39.5 Å². The van der Waals surface area contributed by atoms with Crippen molar-refractivity contribution in [2.75, 3.05) is 7.11 Å². The molecule has 3 heterocycles. The van der Waals surface area contributed by atoms with Gasteiger partial charge in [0, 0.05) is 24.6 Å². The Bertz CT molecular complexity index is 901. The maximum Gasteiger partial charge on any atom is 0.509 e. The molecular formula is C18H18O8. The van der Waals surface area contributed by atoms with Crippen LogP contribution in [0.5, 0.6) is 5.75 Å². The van der Waals surface area contributed by atoms with Gasteiger partial charge in [0.05, 0.1) is 5.60 Å². The SMILES string of the molecule is CO[C@@H]1[C@@H]2OC(=O)O[C@@H]2[C@H](Oc2ccc3ccc(=O)oc3c2)OC1(C)C. The molecule has 8 nitrogen and oxygen atoms in total. The van der Waals surface area contributed by atoms with E-state index < -0.39 is 42.0 Å². The monoisotopic (exact) mass is 362 g/mol. The summed E-state index contributed by atoms with van der Waals surface area (Å²) in [5, 5.41) is 0.759. The Morgan fingerprint density at radius 3 is 2.54 bits per heavy atom. The molecule has 1 aromatic heterocycles. The molecule has 2 aliphatic rings. The lowest BCUT2D eigenvalue weighted by atomic mass is 9.89. The lowest BCUT2D eigenvalue weighted by Gasteiger charge is -2.45. The van der Waals surface area contributed by atoms with E-state index in [9.17, 15) is 9.59 Å². The topological polar surface area (TPSA) is 93.4 Å². The van der Waals surface area contributed by atoms with Gasteiger partial charge in [-0.2, -0.15) is 0 Å². The van der Waals surface area contributed by atoms with Crippen molar-refractivity contribution >= 4 is 17.1 Å². The molecular weight excluding hydrogens is 344 g/mol. The lowest BCUT2D eigenvalue weighted by molar-refractivity contribution is -0.282. The fraction of sp³-hybridized carbons (Fsp3) is 0.444. The summed E-state index contributed by atoms with van der Waals surface area (Å²) in [6.07, 6.45) is -3.63. The highest BCUT2D eigenvalue weighted by Crippen LogP contribution is 2.38. The molecule has 0 saturated carbocycles. The first-order valence-electron chi connectivity index (χ1n) is 8.16. The van der Waals surface area contributed by atoms with Crippen LogP contribution in [0.25, 0.3) is 11.0 Å². The first kappa shape index (κ1) is 16.9. The summed E-state index contributed by atoms with van der Waals surface area (Å²) in [6.45, 7) is 3.64. The van der Waals surface area contributed by atoms with Crippen LogP contribution in [0.1, 0.15) is 13.8 Å². The minimum Gasteiger partial charge on any atom is -0.461 e. The van der Waals surface area contributed by atoms with Crippen LogP contribution in [-0.4, -0.2) is 43.5 Å². The van der Waals surface area contributed by atoms with Gasteiger partial charge in [0.25, 0.3) is 0 Å². The highest BCUT2D eigenvalue weighted by atomic mass is 16.8. The molecule has 0 unspecified atom stereocenters. The minimum atomic E-state index is -0.902. The van der Waals surface area contributed by atoms with E-state index in [0.29, 0.717) is 11.3 Å². The third-order valence-corrected chi connectivity index (χ3v) is 4.56. The van der Waals surface area contributed by atoms with E-state index in [1.807, 2.05) is 13.8 Å². The predicted molar refractivity (Wildman–Crippen MR) is 88.0 cm³/mol. The summed E-state index contributed by atoms with van der Waals surface area (Å²) < 4.78 is 33.0. The van der Waals surface area contributed by atoms with Crippen LogP contribution in [0.3, 0.4) is 0 Å². The zero-order valence-corrected chi connectivity index (χ0v) is 14.5. The van der Waals surface area contributed by atoms with E-state index in [0.717, 1.165) is 5.39 Å². The molecule has 4 rings (SSSR count). The Morgan fingerprint density at radius 2 is 1.77 bits per heavy atom. The quantitative estimate of drug-likeness (QED) is 0.606. The van der Waals surface area contributed by atoms with Crippen molar-refractivity contribution in [2.24, 2.45) is 0 Å². The van der Waals surface area contributed by atoms with Crippen molar-refractivity contribution in [3.8, 4) is 5.75 Å². The molecule has 2 saturated heterocycles. The van der Waals surface area contributed by atoms with Gasteiger partial charge in [0.15, 0.2) is 6.10 Å². The highest BCUT2D eigenvalue weighted by Gasteiger charge is 2.58. The maximum absolute atomic E-state index is 11.6. The van der Waals surface area contributed by atoms with Gasteiger partial charge in [-0.15, -0.1) is 0 Å². The summed E-state index contributed by atoms with van der Waals surface area (Å²) in [5.41, 5.74) is -0.847. The van der Waals surface area contributed by atoms with Gasteiger partial charge < -0.3 is 28.1 Å². The smallest absolute Gasteiger partial charge is 0.461 e. The zero-order chi connectivity index (χ0) is 18.5. The van der Waals surface area contributed by atoms with Gasteiger partial charge in [0.2, 0.25) is 12.4 Å². The molecule has 2 aliphatic heterocycles. The second-order valence-corrected chi connectivity index (χ2v) is 6.73. The first-order valence-corrected chi connectivity index (χ1v) is 8.16. The maximum atomic E-state index is 11.6.